The zero-order valence-electron chi connectivity index (χ0n) is 15.6. The van der Waals surface area contributed by atoms with Crippen molar-refractivity contribution in [2.45, 2.75) is 58.0 Å². The van der Waals surface area contributed by atoms with Gasteiger partial charge in [-0.3, -0.25) is 4.99 Å². The topological polar surface area (TPSA) is 91.8 Å². The van der Waals surface area contributed by atoms with Gasteiger partial charge in [-0.1, -0.05) is 25.7 Å². The summed E-state index contributed by atoms with van der Waals surface area (Å²) >= 11 is 0. The number of sulfonamides is 1. The minimum atomic E-state index is -3.11. The average molecular weight is 490 g/mol. The highest BCUT2D eigenvalue weighted by Crippen LogP contribution is 2.19. The number of guanidine groups is 1. The molecule has 0 amide bonds. The maximum Gasteiger partial charge on any atom is 0.208 e. The van der Waals surface area contributed by atoms with Crippen LogP contribution in [-0.2, 0) is 14.8 Å². The first-order valence-corrected chi connectivity index (χ1v) is 11.0. The second-order valence-corrected chi connectivity index (χ2v) is 8.02. The fourth-order valence-electron chi connectivity index (χ4n) is 2.67. The van der Waals surface area contributed by atoms with Crippen molar-refractivity contribution in [3.8, 4) is 0 Å². The zero-order chi connectivity index (χ0) is 17.7. The van der Waals surface area contributed by atoms with Crippen molar-refractivity contribution in [2.24, 2.45) is 4.99 Å². The van der Waals surface area contributed by atoms with E-state index in [9.17, 15) is 8.42 Å². The van der Waals surface area contributed by atoms with Gasteiger partial charge in [0.1, 0.15) is 0 Å². The van der Waals surface area contributed by atoms with Crippen LogP contribution in [0, 0.1) is 0 Å². The minimum Gasteiger partial charge on any atom is -0.376 e. The second-order valence-electron chi connectivity index (χ2n) is 6.19. The van der Waals surface area contributed by atoms with Gasteiger partial charge in [0.05, 0.1) is 19.0 Å². The van der Waals surface area contributed by atoms with Gasteiger partial charge in [-0.15, -0.1) is 24.0 Å². The van der Waals surface area contributed by atoms with Gasteiger partial charge in [-0.2, -0.15) is 0 Å². The van der Waals surface area contributed by atoms with Gasteiger partial charge in [0.2, 0.25) is 10.0 Å². The summed E-state index contributed by atoms with van der Waals surface area (Å²) < 4.78 is 30.4. The van der Waals surface area contributed by atoms with Crippen LogP contribution in [0.2, 0.25) is 0 Å². The van der Waals surface area contributed by atoms with Crippen LogP contribution < -0.4 is 15.4 Å². The summed E-state index contributed by atoms with van der Waals surface area (Å²) in [5, 5.41) is 6.44. The van der Waals surface area contributed by atoms with Crippen LogP contribution in [0.4, 0.5) is 0 Å². The molecule has 1 rings (SSSR count). The van der Waals surface area contributed by atoms with Gasteiger partial charge in [-0.05, 0) is 26.2 Å². The van der Waals surface area contributed by atoms with Crippen LogP contribution in [0.3, 0.4) is 0 Å². The smallest absolute Gasteiger partial charge is 0.208 e. The fraction of sp³-hybridized carbons (Fsp3) is 0.938. The standard InChI is InChI=1S/C16H34N4O3S.HI/c1-3-17-16(18-11-8-12-20-24(2,21)22)19-13-14-23-15-9-6-4-5-7-10-15;/h15,20H,3-14H2,1-2H3,(H2,17,18,19);1H. The van der Waals surface area contributed by atoms with E-state index in [1.807, 2.05) is 6.92 Å². The van der Waals surface area contributed by atoms with E-state index in [0.29, 0.717) is 32.2 Å². The highest BCUT2D eigenvalue weighted by atomic mass is 127. The minimum absolute atomic E-state index is 0. The summed E-state index contributed by atoms with van der Waals surface area (Å²) in [4.78, 5) is 4.44. The normalized spacial score (nSPS) is 16.8. The van der Waals surface area contributed by atoms with Crippen LogP contribution in [0.5, 0.6) is 0 Å². The Kier molecular flexibility index (Phi) is 14.9. The van der Waals surface area contributed by atoms with E-state index in [1.165, 1.54) is 38.5 Å². The Morgan fingerprint density at radius 1 is 1.12 bits per heavy atom. The van der Waals surface area contributed by atoms with E-state index in [-0.39, 0.29) is 24.0 Å². The number of aliphatic imine (C=N–C) groups is 1. The molecule has 0 aromatic rings. The van der Waals surface area contributed by atoms with Gasteiger partial charge in [-0.25, -0.2) is 13.1 Å². The van der Waals surface area contributed by atoms with Crippen molar-refractivity contribution >= 4 is 40.0 Å². The maximum atomic E-state index is 11.0. The Bertz CT molecular complexity index is 452. The monoisotopic (exact) mass is 490 g/mol. The molecule has 1 aliphatic carbocycles. The lowest BCUT2D eigenvalue weighted by atomic mass is 10.1. The molecule has 25 heavy (non-hydrogen) atoms. The molecule has 0 aromatic carbocycles. The van der Waals surface area contributed by atoms with Crippen molar-refractivity contribution < 1.29 is 13.2 Å². The molecule has 9 heteroatoms. The number of halogens is 1. The molecule has 150 valence electrons. The zero-order valence-corrected chi connectivity index (χ0v) is 18.7. The highest BCUT2D eigenvalue weighted by Gasteiger charge is 2.12. The summed E-state index contributed by atoms with van der Waals surface area (Å²) in [5.41, 5.74) is 0. The third-order valence-corrected chi connectivity index (χ3v) is 4.59. The summed E-state index contributed by atoms with van der Waals surface area (Å²) in [6, 6.07) is 0. The first-order valence-electron chi connectivity index (χ1n) is 9.09. The molecule has 0 saturated heterocycles. The first-order chi connectivity index (χ1) is 11.5. The molecule has 1 aliphatic rings. The molecule has 0 radical (unpaired) electrons. The molecule has 0 atom stereocenters. The predicted molar refractivity (Wildman–Crippen MR) is 114 cm³/mol. The molecule has 7 nitrogen and oxygen atoms in total. The third-order valence-electron chi connectivity index (χ3n) is 3.86. The van der Waals surface area contributed by atoms with Gasteiger partial charge in [0.15, 0.2) is 5.96 Å². The van der Waals surface area contributed by atoms with Crippen molar-refractivity contribution in [3.05, 3.63) is 0 Å². The van der Waals surface area contributed by atoms with Crippen molar-refractivity contribution in [1.82, 2.24) is 15.4 Å². The predicted octanol–water partition coefficient (Wildman–Crippen LogP) is 1.84. The van der Waals surface area contributed by atoms with Crippen LogP contribution in [0.25, 0.3) is 0 Å². The number of hydrogen-bond donors (Lipinski definition) is 3. The van der Waals surface area contributed by atoms with Gasteiger partial charge < -0.3 is 15.4 Å². The highest BCUT2D eigenvalue weighted by molar-refractivity contribution is 14.0. The average Bonchev–Trinajstić information content (AvgIpc) is 2.78. The van der Waals surface area contributed by atoms with E-state index in [2.05, 4.69) is 20.3 Å². The lowest BCUT2D eigenvalue weighted by molar-refractivity contribution is 0.0468. The molecule has 0 aliphatic heterocycles. The van der Waals surface area contributed by atoms with Crippen LogP contribution in [0.1, 0.15) is 51.9 Å². The van der Waals surface area contributed by atoms with Gasteiger partial charge in [0, 0.05) is 26.2 Å². The van der Waals surface area contributed by atoms with Crippen molar-refractivity contribution in [1.29, 1.82) is 0 Å². The van der Waals surface area contributed by atoms with E-state index in [1.54, 1.807) is 0 Å². The summed E-state index contributed by atoms with van der Waals surface area (Å²) in [6.07, 6.45) is 9.85. The van der Waals surface area contributed by atoms with Crippen LogP contribution in [0.15, 0.2) is 4.99 Å². The maximum absolute atomic E-state index is 11.0. The van der Waals surface area contributed by atoms with Gasteiger partial charge in [0.25, 0.3) is 0 Å². The second kappa shape index (κ2) is 15.0. The quantitative estimate of drug-likeness (QED) is 0.143. The largest absolute Gasteiger partial charge is 0.376 e. The molecule has 1 saturated carbocycles. The number of nitrogens with one attached hydrogen (secondary N) is 3. The molecule has 0 unspecified atom stereocenters. The third kappa shape index (κ3) is 14.7. The number of ether oxygens (including phenoxy) is 1. The summed E-state index contributed by atoms with van der Waals surface area (Å²) in [5.74, 6) is 0.751. The summed E-state index contributed by atoms with van der Waals surface area (Å²) in [6.45, 7) is 5.20. The van der Waals surface area contributed by atoms with Gasteiger partial charge >= 0.3 is 0 Å². The Hall–Kier alpha value is -0.130. The number of rotatable bonds is 10. The van der Waals surface area contributed by atoms with Crippen LogP contribution >= 0.6 is 24.0 Å². The van der Waals surface area contributed by atoms with E-state index in [0.717, 1.165) is 25.3 Å². The molecular formula is C16H35IN4O3S. The van der Waals surface area contributed by atoms with E-state index >= 15 is 0 Å². The molecule has 0 heterocycles. The number of nitrogens with zero attached hydrogens (tertiary/aromatic N) is 1. The Morgan fingerprint density at radius 2 is 1.80 bits per heavy atom. The first kappa shape index (κ1) is 24.9. The SMILES string of the molecule is CCNC(=NCCCNS(C)(=O)=O)NCCOC1CCCCCC1.I. The molecule has 3 N–H and O–H groups in total. The number of hydrogen-bond acceptors (Lipinski definition) is 4. The lowest BCUT2D eigenvalue weighted by Gasteiger charge is -2.16. The van der Waals surface area contributed by atoms with Crippen LogP contribution in [-0.4, -0.2) is 59.5 Å². The Morgan fingerprint density at radius 3 is 2.40 bits per heavy atom. The Labute approximate surface area is 170 Å². The molecule has 0 aromatic heterocycles. The molecule has 0 spiro atoms. The fourth-order valence-corrected chi connectivity index (χ4v) is 3.19. The molecule has 0 bridgehead atoms. The molecular weight excluding hydrogens is 455 g/mol. The lowest BCUT2D eigenvalue weighted by Crippen LogP contribution is -2.39. The van der Waals surface area contributed by atoms with Crippen molar-refractivity contribution in [3.63, 3.8) is 0 Å². The summed E-state index contributed by atoms with van der Waals surface area (Å²) in [7, 11) is -3.11. The molecule has 1 fully saturated rings. The Balaban J connectivity index is 0.00000576. The van der Waals surface area contributed by atoms with E-state index < -0.39 is 10.0 Å². The van der Waals surface area contributed by atoms with E-state index in [4.69, 9.17) is 4.74 Å². The van der Waals surface area contributed by atoms with Crippen molar-refractivity contribution in [2.75, 3.05) is 39.0 Å².